The van der Waals surface area contributed by atoms with E-state index in [1.165, 1.54) is 32.1 Å². The molecule has 1 saturated carbocycles. The molecule has 2 unspecified atom stereocenters. The van der Waals surface area contributed by atoms with E-state index in [9.17, 15) is 0 Å². The van der Waals surface area contributed by atoms with E-state index >= 15 is 0 Å². The highest BCUT2D eigenvalue weighted by Gasteiger charge is 2.39. The Hall–Kier alpha value is -1.63. The Morgan fingerprint density at radius 3 is 2.50 bits per heavy atom. The summed E-state index contributed by atoms with van der Waals surface area (Å²) in [4.78, 5) is 18.1. The van der Waals surface area contributed by atoms with Crippen molar-refractivity contribution < 1.29 is 0 Å². The van der Waals surface area contributed by atoms with Gasteiger partial charge in [0.1, 0.15) is 0 Å². The van der Waals surface area contributed by atoms with E-state index in [2.05, 4.69) is 25.2 Å². The smallest absolute Gasteiger partial charge is 0.243 e. The first kappa shape index (κ1) is 12.1. The minimum absolute atomic E-state index is 0.472. The second-order valence-corrected chi connectivity index (χ2v) is 6.08. The number of aromatic nitrogens is 3. The van der Waals surface area contributed by atoms with Gasteiger partial charge in [-0.25, -0.2) is 5.84 Å². The molecule has 108 valence electrons. The Bertz CT molecular complexity index is 499. The monoisotopic (exact) mass is 275 g/mol. The molecule has 0 radical (unpaired) electrons. The van der Waals surface area contributed by atoms with E-state index in [-0.39, 0.29) is 0 Å². The van der Waals surface area contributed by atoms with Gasteiger partial charge in [0, 0.05) is 25.7 Å². The number of anilines is 3. The van der Waals surface area contributed by atoms with Gasteiger partial charge in [-0.15, -0.1) is 0 Å². The number of rotatable bonds is 3. The van der Waals surface area contributed by atoms with Gasteiger partial charge >= 0.3 is 0 Å². The van der Waals surface area contributed by atoms with Crippen LogP contribution in [0, 0.1) is 5.92 Å². The van der Waals surface area contributed by atoms with Gasteiger partial charge < -0.3 is 9.80 Å². The molecule has 4 rings (SSSR count). The van der Waals surface area contributed by atoms with E-state index < -0.39 is 0 Å². The fourth-order valence-electron chi connectivity index (χ4n) is 3.78. The number of nitrogens with two attached hydrogens (primary N) is 1. The first-order chi connectivity index (χ1) is 9.83. The normalized spacial score (nSPS) is 28.4. The van der Waals surface area contributed by atoms with Crippen LogP contribution >= 0.6 is 0 Å². The third-order valence-electron chi connectivity index (χ3n) is 4.80. The molecular formula is C13H21N7. The fraction of sp³-hybridized carbons (Fsp3) is 0.769. The highest BCUT2D eigenvalue weighted by Crippen LogP contribution is 2.39. The summed E-state index contributed by atoms with van der Waals surface area (Å²) >= 11 is 0. The van der Waals surface area contributed by atoms with Crippen LogP contribution in [0.2, 0.25) is 0 Å². The summed E-state index contributed by atoms with van der Waals surface area (Å²) in [6.45, 7) is 3.14. The summed E-state index contributed by atoms with van der Waals surface area (Å²) in [5.74, 6) is 8.37. The van der Waals surface area contributed by atoms with Crippen LogP contribution in [-0.2, 0) is 0 Å². The van der Waals surface area contributed by atoms with Gasteiger partial charge in [-0.1, -0.05) is 0 Å². The summed E-state index contributed by atoms with van der Waals surface area (Å²) in [5.41, 5.74) is 2.58. The van der Waals surface area contributed by atoms with Crippen molar-refractivity contribution in [3.8, 4) is 0 Å². The summed E-state index contributed by atoms with van der Waals surface area (Å²) in [6, 6.07) is 0.611. The molecule has 20 heavy (non-hydrogen) atoms. The lowest BCUT2D eigenvalue weighted by Crippen LogP contribution is -2.34. The lowest BCUT2D eigenvalue weighted by Gasteiger charge is -2.28. The quantitative estimate of drug-likeness (QED) is 0.622. The van der Waals surface area contributed by atoms with Gasteiger partial charge in [-0.05, 0) is 38.0 Å². The van der Waals surface area contributed by atoms with Crippen LogP contribution in [0.3, 0.4) is 0 Å². The molecule has 3 aliphatic rings. The van der Waals surface area contributed by atoms with Crippen molar-refractivity contribution in [1.82, 2.24) is 15.0 Å². The Morgan fingerprint density at radius 2 is 1.85 bits per heavy atom. The molecule has 0 aromatic carbocycles. The number of fused-ring (bicyclic) bond motifs is 2. The van der Waals surface area contributed by atoms with Crippen LogP contribution in [-0.4, -0.2) is 40.6 Å². The molecule has 1 aromatic rings. The van der Waals surface area contributed by atoms with Gasteiger partial charge in [0.05, 0.1) is 0 Å². The van der Waals surface area contributed by atoms with Crippen LogP contribution in [0.1, 0.15) is 32.1 Å². The van der Waals surface area contributed by atoms with Gasteiger partial charge in [0.2, 0.25) is 17.8 Å². The molecule has 1 aliphatic carbocycles. The van der Waals surface area contributed by atoms with Gasteiger partial charge in [-0.3, -0.25) is 5.43 Å². The molecule has 2 atom stereocenters. The fourth-order valence-corrected chi connectivity index (χ4v) is 3.78. The van der Waals surface area contributed by atoms with Crippen LogP contribution in [0.5, 0.6) is 0 Å². The van der Waals surface area contributed by atoms with Crippen molar-refractivity contribution in [2.45, 2.75) is 38.1 Å². The van der Waals surface area contributed by atoms with Crippen LogP contribution < -0.4 is 21.1 Å². The molecule has 2 aliphatic heterocycles. The lowest BCUT2D eigenvalue weighted by atomic mass is 10.1. The van der Waals surface area contributed by atoms with E-state index in [1.807, 2.05) is 0 Å². The second kappa shape index (κ2) is 4.73. The Labute approximate surface area is 118 Å². The predicted molar refractivity (Wildman–Crippen MR) is 77.6 cm³/mol. The number of hydrogen-bond donors (Lipinski definition) is 2. The first-order valence-electron chi connectivity index (χ1n) is 7.58. The van der Waals surface area contributed by atoms with E-state index in [0.29, 0.717) is 12.0 Å². The maximum Gasteiger partial charge on any atom is 0.243 e. The molecule has 3 fully saturated rings. The minimum Gasteiger partial charge on any atom is -0.341 e. The van der Waals surface area contributed by atoms with Gasteiger partial charge in [-0.2, -0.15) is 15.0 Å². The third-order valence-corrected chi connectivity index (χ3v) is 4.80. The highest BCUT2D eigenvalue weighted by atomic mass is 15.4. The maximum absolute atomic E-state index is 5.52. The number of hydrogen-bond acceptors (Lipinski definition) is 7. The Balaban J connectivity index is 1.66. The van der Waals surface area contributed by atoms with Gasteiger partial charge in [0.25, 0.3) is 0 Å². The van der Waals surface area contributed by atoms with Crippen LogP contribution in [0.15, 0.2) is 0 Å². The molecule has 3 N–H and O–H groups in total. The van der Waals surface area contributed by atoms with Crippen molar-refractivity contribution in [1.29, 1.82) is 0 Å². The molecule has 7 nitrogen and oxygen atoms in total. The molecule has 0 spiro atoms. The minimum atomic E-state index is 0.472. The SMILES string of the molecule is NNc1nc(N2CCCC2)nc(N2CC3CCC2C3)n1. The van der Waals surface area contributed by atoms with Gasteiger partial charge in [0.15, 0.2) is 0 Å². The number of nitrogen functional groups attached to an aromatic ring is 1. The Kier molecular flexibility index (Phi) is 2.87. The molecular weight excluding hydrogens is 254 g/mol. The van der Waals surface area contributed by atoms with Crippen molar-refractivity contribution in [3.63, 3.8) is 0 Å². The van der Waals surface area contributed by atoms with Crippen molar-refractivity contribution in [3.05, 3.63) is 0 Å². The molecule has 2 bridgehead atoms. The van der Waals surface area contributed by atoms with E-state index in [1.54, 1.807) is 0 Å². The zero-order chi connectivity index (χ0) is 13.5. The summed E-state index contributed by atoms with van der Waals surface area (Å²) in [5, 5.41) is 0. The molecule has 2 saturated heterocycles. The maximum atomic E-state index is 5.52. The third kappa shape index (κ3) is 1.96. The predicted octanol–water partition coefficient (Wildman–Crippen LogP) is 0.746. The Morgan fingerprint density at radius 1 is 1.05 bits per heavy atom. The summed E-state index contributed by atoms with van der Waals surface area (Å²) < 4.78 is 0. The zero-order valence-electron chi connectivity index (χ0n) is 11.6. The highest BCUT2D eigenvalue weighted by molar-refractivity contribution is 5.47. The number of nitrogens with one attached hydrogen (secondary N) is 1. The number of nitrogens with zero attached hydrogens (tertiary/aromatic N) is 5. The molecule has 1 aromatic heterocycles. The lowest BCUT2D eigenvalue weighted by molar-refractivity contribution is 0.546. The first-order valence-corrected chi connectivity index (χ1v) is 7.58. The molecule has 7 heteroatoms. The molecule has 0 amide bonds. The van der Waals surface area contributed by atoms with Crippen molar-refractivity contribution in [2.24, 2.45) is 11.8 Å². The van der Waals surface area contributed by atoms with Crippen molar-refractivity contribution in [2.75, 3.05) is 34.9 Å². The summed E-state index contributed by atoms with van der Waals surface area (Å²) in [6.07, 6.45) is 6.33. The van der Waals surface area contributed by atoms with Crippen molar-refractivity contribution >= 4 is 17.8 Å². The van der Waals surface area contributed by atoms with E-state index in [0.717, 1.165) is 37.4 Å². The largest absolute Gasteiger partial charge is 0.341 e. The number of piperidine rings is 1. The molecule has 3 heterocycles. The second-order valence-electron chi connectivity index (χ2n) is 6.08. The van der Waals surface area contributed by atoms with Crippen LogP contribution in [0.4, 0.5) is 17.8 Å². The average Bonchev–Trinajstić information content (AvgIpc) is 3.23. The number of hydrazine groups is 1. The van der Waals surface area contributed by atoms with E-state index in [4.69, 9.17) is 10.8 Å². The summed E-state index contributed by atoms with van der Waals surface area (Å²) in [7, 11) is 0. The topological polar surface area (TPSA) is 83.2 Å². The standard InChI is InChI=1S/C13H21N7/c14-18-11-15-12(19-5-1-2-6-19)17-13(16-11)20-8-9-3-4-10(20)7-9/h9-10H,1-8,14H2,(H,15,16,17,18). The zero-order valence-corrected chi connectivity index (χ0v) is 11.6. The van der Waals surface area contributed by atoms with Crippen LogP contribution in [0.25, 0.3) is 0 Å². The average molecular weight is 275 g/mol.